The van der Waals surface area contributed by atoms with Crippen molar-refractivity contribution in [3.63, 3.8) is 0 Å². The van der Waals surface area contributed by atoms with Gasteiger partial charge in [-0.15, -0.1) is 11.8 Å². The van der Waals surface area contributed by atoms with E-state index in [0.717, 1.165) is 24.5 Å². The Labute approximate surface area is 131 Å². The van der Waals surface area contributed by atoms with E-state index in [1.54, 1.807) is 13.3 Å². The van der Waals surface area contributed by atoms with Crippen LogP contribution in [0.2, 0.25) is 0 Å². The van der Waals surface area contributed by atoms with Gasteiger partial charge in [0.2, 0.25) is 0 Å². The van der Waals surface area contributed by atoms with Crippen LogP contribution in [0.3, 0.4) is 0 Å². The first-order valence-corrected chi connectivity index (χ1v) is 8.22. The Hall–Kier alpha value is -1.52. The van der Waals surface area contributed by atoms with Crippen molar-refractivity contribution in [2.24, 2.45) is 0 Å². The predicted octanol–water partition coefficient (Wildman–Crippen LogP) is 3.92. The molecule has 2 rings (SSSR count). The minimum absolute atomic E-state index is 0.276. The van der Waals surface area contributed by atoms with E-state index in [0.29, 0.717) is 0 Å². The Balaban J connectivity index is 2.06. The smallest absolute Gasteiger partial charge is 0.137 e. The second kappa shape index (κ2) is 8.70. The molecule has 0 aliphatic heterocycles. The van der Waals surface area contributed by atoms with Crippen molar-refractivity contribution in [3.8, 4) is 5.75 Å². The molecule has 0 radical (unpaired) electrons. The fourth-order valence-corrected chi connectivity index (χ4v) is 3.04. The molecule has 21 heavy (non-hydrogen) atoms. The molecule has 1 aromatic carbocycles. The number of pyridine rings is 1. The summed E-state index contributed by atoms with van der Waals surface area (Å²) in [5.74, 6) is 1.78. The summed E-state index contributed by atoms with van der Waals surface area (Å²) in [6.45, 7) is 3.18. The van der Waals surface area contributed by atoms with Gasteiger partial charge in [0.05, 0.1) is 13.3 Å². The summed E-state index contributed by atoms with van der Waals surface area (Å²) in [6.07, 6.45) is 4.77. The van der Waals surface area contributed by atoms with Crippen LogP contribution in [0, 0.1) is 0 Å². The third-order valence-electron chi connectivity index (χ3n) is 3.17. The maximum absolute atomic E-state index is 5.28. The van der Waals surface area contributed by atoms with Crippen LogP contribution in [0.15, 0.2) is 53.7 Å². The van der Waals surface area contributed by atoms with Crippen molar-refractivity contribution < 1.29 is 4.74 Å². The molecule has 2 aromatic rings. The summed E-state index contributed by atoms with van der Waals surface area (Å²) in [5, 5.41) is 3.59. The Morgan fingerprint density at radius 1 is 1.24 bits per heavy atom. The zero-order valence-electron chi connectivity index (χ0n) is 12.6. The number of methoxy groups -OCH3 is 1. The van der Waals surface area contributed by atoms with Crippen molar-refractivity contribution in [2.75, 3.05) is 19.4 Å². The molecule has 0 saturated heterocycles. The van der Waals surface area contributed by atoms with Crippen molar-refractivity contribution in [1.29, 1.82) is 0 Å². The predicted molar refractivity (Wildman–Crippen MR) is 89.0 cm³/mol. The molecule has 4 heteroatoms. The number of rotatable bonds is 8. The molecular weight excluding hydrogens is 280 g/mol. The molecule has 0 bridgehead atoms. The van der Waals surface area contributed by atoms with Gasteiger partial charge in [-0.25, -0.2) is 0 Å². The number of benzene rings is 1. The van der Waals surface area contributed by atoms with Crippen molar-refractivity contribution in [3.05, 3.63) is 54.4 Å². The Bertz CT molecular complexity index is 533. The van der Waals surface area contributed by atoms with E-state index in [1.807, 2.05) is 24.0 Å². The third-order valence-corrected chi connectivity index (χ3v) is 4.28. The van der Waals surface area contributed by atoms with Gasteiger partial charge in [-0.3, -0.25) is 4.98 Å². The first kappa shape index (κ1) is 15.9. The number of ether oxygens (including phenoxy) is 1. The molecule has 1 aromatic heterocycles. The lowest BCUT2D eigenvalue weighted by atomic mass is 10.1. The molecule has 0 aliphatic rings. The summed E-state index contributed by atoms with van der Waals surface area (Å²) in [4.78, 5) is 5.55. The maximum atomic E-state index is 5.28. The monoisotopic (exact) mass is 302 g/mol. The first-order chi connectivity index (χ1) is 10.3. The lowest BCUT2D eigenvalue weighted by molar-refractivity contribution is 0.411. The quantitative estimate of drug-likeness (QED) is 0.749. The summed E-state index contributed by atoms with van der Waals surface area (Å²) < 4.78 is 5.28. The van der Waals surface area contributed by atoms with E-state index < -0.39 is 0 Å². The minimum Gasteiger partial charge on any atom is -0.495 e. The number of thioether (sulfide) groups is 1. The molecular formula is C17H22N2OS. The molecule has 1 unspecified atom stereocenters. The molecule has 3 nitrogen and oxygen atoms in total. The van der Waals surface area contributed by atoms with E-state index in [1.165, 1.54) is 10.5 Å². The summed E-state index contributed by atoms with van der Waals surface area (Å²) >= 11 is 1.86. The highest BCUT2D eigenvalue weighted by Crippen LogP contribution is 2.25. The van der Waals surface area contributed by atoms with Crippen molar-refractivity contribution in [1.82, 2.24) is 10.3 Å². The van der Waals surface area contributed by atoms with E-state index in [2.05, 4.69) is 47.6 Å². The topological polar surface area (TPSA) is 34.2 Å². The van der Waals surface area contributed by atoms with Crippen LogP contribution in [0.4, 0.5) is 0 Å². The van der Waals surface area contributed by atoms with E-state index in [-0.39, 0.29) is 6.04 Å². The van der Waals surface area contributed by atoms with Crippen LogP contribution in [-0.4, -0.2) is 24.4 Å². The van der Waals surface area contributed by atoms with Gasteiger partial charge in [0.25, 0.3) is 0 Å². The molecule has 1 N–H and O–H groups in total. The van der Waals surface area contributed by atoms with Crippen LogP contribution in [-0.2, 0) is 0 Å². The number of aromatic nitrogens is 1. The average molecular weight is 302 g/mol. The first-order valence-electron chi connectivity index (χ1n) is 7.23. The van der Waals surface area contributed by atoms with Gasteiger partial charge in [-0.1, -0.05) is 25.1 Å². The summed E-state index contributed by atoms with van der Waals surface area (Å²) in [6, 6.07) is 12.8. The van der Waals surface area contributed by atoms with Crippen LogP contribution in [0.5, 0.6) is 5.75 Å². The van der Waals surface area contributed by atoms with Gasteiger partial charge >= 0.3 is 0 Å². The van der Waals surface area contributed by atoms with Gasteiger partial charge in [0.1, 0.15) is 5.75 Å². The largest absolute Gasteiger partial charge is 0.495 e. The van der Waals surface area contributed by atoms with Gasteiger partial charge in [-0.2, -0.15) is 0 Å². The molecule has 0 aliphatic carbocycles. The van der Waals surface area contributed by atoms with E-state index >= 15 is 0 Å². The second-order valence-corrected chi connectivity index (χ2v) is 5.88. The van der Waals surface area contributed by atoms with Crippen molar-refractivity contribution >= 4 is 11.8 Å². The number of nitrogens with one attached hydrogen (secondary N) is 1. The number of hydrogen-bond donors (Lipinski definition) is 1. The van der Waals surface area contributed by atoms with Crippen LogP contribution < -0.4 is 10.1 Å². The van der Waals surface area contributed by atoms with Crippen LogP contribution >= 0.6 is 11.8 Å². The molecule has 0 fully saturated rings. The zero-order chi connectivity index (χ0) is 14.9. The standard InChI is InChI=1S/C17H22N2OS/c1-3-9-19-17(13-21-16-7-5-4-6-8-16)14-10-15(20-2)12-18-11-14/h4-8,10-12,17,19H,3,9,13H2,1-2H3. The SMILES string of the molecule is CCCNC(CSc1ccccc1)c1cncc(OC)c1. The van der Waals surface area contributed by atoms with E-state index in [9.17, 15) is 0 Å². The molecule has 0 saturated carbocycles. The maximum Gasteiger partial charge on any atom is 0.137 e. The minimum atomic E-state index is 0.276. The highest BCUT2D eigenvalue weighted by Gasteiger charge is 2.12. The second-order valence-electron chi connectivity index (χ2n) is 4.79. The fraction of sp³-hybridized carbons (Fsp3) is 0.353. The average Bonchev–Trinajstić information content (AvgIpc) is 2.56. The molecule has 0 spiro atoms. The van der Waals surface area contributed by atoms with Gasteiger partial charge in [0, 0.05) is 22.9 Å². The summed E-state index contributed by atoms with van der Waals surface area (Å²) in [5.41, 5.74) is 1.17. The van der Waals surface area contributed by atoms with E-state index in [4.69, 9.17) is 4.74 Å². The van der Waals surface area contributed by atoms with Gasteiger partial charge in [-0.05, 0) is 36.7 Å². The fourth-order valence-electron chi connectivity index (χ4n) is 2.03. The van der Waals surface area contributed by atoms with Crippen LogP contribution in [0.25, 0.3) is 0 Å². The molecule has 1 atom stereocenters. The highest BCUT2D eigenvalue weighted by atomic mass is 32.2. The van der Waals surface area contributed by atoms with Gasteiger partial charge < -0.3 is 10.1 Å². The Kier molecular flexibility index (Phi) is 6.57. The van der Waals surface area contributed by atoms with Gasteiger partial charge in [0.15, 0.2) is 0 Å². The normalized spacial score (nSPS) is 12.1. The van der Waals surface area contributed by atoms with Crippen LogP contribution in [0.1, 0.15) is 24.9 Å². The lowest BCUT2D eigenvalue weighted by Crippen LogP contribution is -2.24. The zero-order valence-corrected chi connectivity index (χ0v) is 13.4. The Morgan fingerprint density at radius 3 is 2.76 bits per heavy atom. The highest BCUT2D eigenvalue weighted by molar-refractivity contribution is 7.99. The lowest BCUT2D eigenvalue weighted by Gasteiger charge is -2.19. The third kappa shape index (κ3) is 5.06. The summed E-state index contributed by atoms with van der Waals surface area (Å²) in [7, 11) is 1.67. The molecule has 112 valence electrons. The van der Waals surface area contributed by atoms with Crippen molar-refractivity contribution in [2.45, 2.75) is 24.3 Å². The number of nitrogens with zero attached hydrogens (tertiary/aromatic N) is 1. The number of hydrogen-bond acceptors (Lipinski definition) is 4. The Morgan fingerprint density at radius 2 is 2.05 bits per heavy atom. The molecule has 1 heterocycles. The molecule has 0 amide bonds.